The summed E-state index contributed by atoms with van der Waals surface area (Å²) >= 11 is 0. The number of rotatable bonds is 9. The molecule has 0 aliphatic rings. The van der Waals surface area contributed by atoms with E-state index in [0.717, 1.165) is 0 Å². The van der Waals surface area contributed by atoms with Crippen LogP contribution >= 0.6 is 0 Å². The Kier molecular flexibility index (Phi) is 8.03. The van der Waals surface area contributed by atoms with Crippen molar-refractivity contribution in [3.8, 4) is 0 Å². The van der Waals surface area contributed by atoms with E-state index in [1.54, 1.807) is 4.90 Å². The molecule has 8 nitrogen and oxygen atoms in total. The second-order valence-corrected chi connectivity index (χ2v) is 5.33. The van der Waals surface area contributed by atoms with Gasteiger partial charge in [-0.1, -0.05) is 0 Å². The molecule has 0 fully saturated rings. The van der Waals surface area contributed by atoms with Crippen LogP contribution in [-0.4, -0.2) is 78.6 Å². The smallest absolute Gasteiger partial charge is 0.216 e. The summed E-state index contributed by atoms with van der Waals surface area (Å²) < 4.78 is 31.3. The van der Waals surface area contributed by atoms with Gasteiger partial charge in [0, 0.05) is 33.1 Å². The third-order valence-electron chi connectivity index (χ3n) is 2.08. The van der Waals surface area contributed by atoms with Gasteiger partial charge in [0.2, 0.25) is 5.91 Å². The molecule has 0 spiro atoms. The first-order valence-corrected chi connectivity index (χ1v) is 7.01. The first-order valence-electron chi connectivity index (χ1n) is 5.44. The highest BCUT2D eigenvalue weighted by molar-refractivity contribution is 7.85. The lowest BCUT2D eigenvalue weighted by Gasteiger charge is -2.24. The Morgan fingerprint density at radius 2 is 2.06 bits per heavy atom. The number of nitrogens with zero attached hydrogens (tertiary/aromatic N) is 1. The van der Waals surface area contributed by atoms with Crippen LogP contribution in [-0.2, 0) is 14.9 Å². The fourth-order valence-corrected chi connectivity index (χ4v) is 1.99. The molecule has 0 aliphatic carbocycles. The summed E-state index contributed by atoms with van der Waals surface area (Å²) in [5.74, 6) is -1.07. The van der Waals surface area contributed by atoms with Crippen molar-refractivity contribution in [2.45, 2.75) is 13.0 Å². The minimum absolute atomic E-state index is 0.0540. The fourth-order valence-electron chi connectivity index (χ4n) is 1.41. The third kappa shape index (κ3) is 10.4. The van der Waals surface area contributed by atoms with E-state index in [1.165, 1.54) is 6.92 Å². The minimum atomic E-state index is -4.48. The van der Waals surface area contributed by atoms with Gasteiger partial charge in [0.25, 0.3) is 0 Å². The summed E-state index contributed by atoms with van der Waals surface area (Å²) in [6, 6.07) is 0. The second kappa shape index (κ2) is 8.38. The Labute approximate surface area is 106 Å². The summed E-state index contributed by atoms with van der Waals surface area (Å²) in [5, 5.41) is 20.7. The first-order chi connectivity index (χ1) is 8.24. The molecule has 0 saturated heterocycles. The molecule has 108 valence electrons. The lowest BCUT2D eigenvalue weighted by atomic mass is 10.3. The standard InChI is InChI=1S/C9H20N2O6S/c1-8(13)10-2-3-11(4-5-12)6-9(14)7-18(15,16)17/h9,12,14H,2-7H2,1H3,(H,10,13)(H,15,16,17)/p-1. The molecule has 0 saturated carbocycles. The van der Waals surface area contributed by atoms with E-state index in [2.05, 4.69) is 5.32 Å². The molecule has 0 rings (SSSR count). The largest absolute Gasteiger partial charge is 0.748 e. The highest BCUT2D eigenvalue weighted by atomic mass is 32.2. The van der Waals surface area contributed by atoms with E-state index < -0.39 is 22.0 Å². The predicted molar refractivity (Wildman–Crippen MR) is 62.8 cm³/mol. The van der Waals surface area contributed by atoms with Gasteiger partial charge in [0.1, 0.15) is 0 Å². The molecule has 0 bridgehead atoms. The average molecular weight is 283 g/mol. The number of hydrogen-bond donors (Lipinski definition) is 3. The average Bonchev–Trinajstić information content (AvgIpc) is 2.13. The Bertz CT molecular complexity index is 345. The van der Waals surface area contributed by atoms with Gasteiger partial charge in [0.05, 0.1) is 28.6 Å². The maximum absolute atomic E-state index is 10.6. The lowest BCUT2D eigenvalue weighted by molar-refractivity contribution is -0.119. The lowest BCUT2D eigenvalue weighted by Crippen LogP contribution is -2.41. The molecule has 0 heterocycles. The minimum Gasteiger partial charge on any atom is -0.748 e. The molecule has 3 N–H and O–H groups in total. The Balaban J connectivity index is 4.13. The van der Waals surface area contributed by atoms with Gasteiger partial charge in [-0.25, -0.2) is 8.42 Å². The van der Waals surface area contributed by atoms with E-state index in [4.69, 9.17) is 5.11 Å². The molecule has 0 aromatic rings. The zero-order valence-electron chi connectivity index (χ0n) is 10.2. The highest BCUT2D eigenvalue weighted by Crippen LogP contribution is 1.96. The number of carbonyl (C=O) groups is 1. The van der Waals surface area contributed by atoms with Crippen molar-refractivity contribution >= 4 is 16.0 Å². The molecule has 0 radical (unpaired) electrons. The van der Waals surface area contributed by atoms with E-state index in [0.29, 0.717) is 13.1 Å². The van der Waals surface area contributed by atoms with Crippen LogP contribution in [0.4, 0.5) is 0 Å². The van der Waals surface area contributed by atoms with Gasteiger partial charge < -0.3 is 20.1 Å². The van der Waals surface area contributed by atoms with Crippen molar-refractivity contribution in [2.24, 2.45) is 0 Å². The summed E-state index contributed by atoms with van der Waals surface area (Å²) in [5.41, 5.74) is 0. The number of aliphatic hydroxyl groups is 2. The zero-order valence-corrected chi connectivity index (χ0v) is 11.0. The van der Waals surface area contributed by atoms with Crippen LogP contribution in [0.5, 0.6) is 0 Å². The second-order valence-electron chi connectivity index (χ2n) is 3.89. The van der Waals surface area contributed by atoms with E-state index in [1.807, 2.05) is 0 Å². The predicted octanol–water partition coefficient (Wildman–Crippen LogP) is -2.68. The molecular weight excluding hydrogens is 264 g/mol. The number of carbonyl (C=O) groups excluding carboxylic acids is 1. The molecular formula is C9H19N2O6S-. The monoisotopic (exact) mass is 283 g/mol. The fraction of sp³-hybridized carbons (Fsp3) is 0.889. The summed E-state index contributed by atoms with van der Waals surface area (Å²) in [7, 11) is -4.48. The number of amides is 1. The summed E-state index contributed by atoms with van der Waals surface area (Å²) in [6.07, 6.45) is -1.31. The zero-order chi connectivity index (χ0) is 14.2. The van der Waals surface area contributed by atoms with Gasteiger partial charge in [-0.05, 0) is 0 Å². The Hall–Kier alpha value is -0.740. The molecule has 1 atom stereocenters. The van der Waals surface area contributed by atoms with Gasteiger partial charge in [-0.3, -0.25) is 9.69 Å². The summed E-state index contributed by atoms with van der Waals surface area (Å²) in [6.45, 7) is 2.01. The van der Waals surface area contributed by atoms with Crippen LogP contribution in [0.2, 0.25) is 0 Å². The molecule has 1 amide bonds. The molecule has 0 aliphatic heterocycles. The number of hydrogen-bond acceptors (Lipinski definition) is 7. The number of aliphatic hydroxyl groups excluding tert-OH is 2. The van der Waals surface area contributed by atoms with Gasteiger partial charge in [0.15, 0.2) is 0 Å². The molecule has 9 heteroatoms. The van der Waals surface area contributed by atoms with Crippen LogP contribution in [0.25, 0.3) is 0 Å². The maximum atomic E-state index is 10.6. The van der Waals surface area contributed by atoms with Gasteiger partial charge in [-0.2, -0.15) is 0 Å². The molecule has 0 aromatic heterocycles. The normalized spacial score (nSPS) is 13.6. The maximum Gasteiger partial charge on any atom is 0.216 e. The first kappa shape index (κ1) is 17.3. The molecule has 1 unspecified atom stereocenters. The van der Waals surface area contributed by atoms with E-state index in [-0.39, 0.29) is 25.6 Å². The van der Waals surface area contributed by atoms with E-state index >= 15 is 0 Å². The van der Waals surface area contributed by atoms with Crippen molar-refractivity contribution < 1.29 is 28.0 Å². The topological polar surface area (TPSA) is 130 Å². The van der Waals surface area contributed by atoms with Crippen molar-refractivity contribution in [1.82, 2.24) is 10.2 Å². The SMILES string of the molecule is CC(=O)NCCN(CCO)CC(O)CS(=O)(=O)[O-]. The van der Waals surface area contributed by atoms with Gasteiger partial charge >= 0.3 is 0 Å². The highest BCUT2D eigenvalue weighted by Gasteiger charge is 2.14. The van der Waals surface area contributed by atoms with Crippen molar-refractivity contribution in [2.75, 3.05) is 38.5 Å². The third-order valence-corrected chi connectivity index (χ3v) is 2.88. The van der Waals surface area contributed by atoms with Crippen LogP contribution in [0.1, 0.15) is 6.92 Å². The Morgan fingerprint density at radius 3 is 2.50 bits per heavy atom. The molecule has 18 heavy (non-hydrogen) atoms. The Morgan fingerprint density at radius 1 is 1.44 bits per heavy atom. The molecule has 0 aromatic carbocycles. The van der Waals surface area contributed by atoms with Crippen LogP contribution in [0.3, 0.4) is 0 Å². The van der Waals surface area contributed by atoms with Gasteiger partial charge in [-0.15, -0.1) is 0 Å². The number of nitrogens with one attached hydrogen (secondary N) is 1. The summed E-state index contributed by atoms with van der Waals surface area (Å²) in [4.78, 5) is 12.2. The van der Waals surface area contributed by atoms with Crippen LogP contribution in [0, 0.1) is 0 Å². The van der Waals surface area contributed by atoms with Crippen molar-refractivity contribution in [1.29, 1.82) is 0 Å². The van der Waals surface area contributed by atoms with Crippen molar-refractivity contribution in [3.05, 3.63) is 0 Å². The van der Waals surface area contributed by atoms with E-state index in [9.17, 15) is 22.9 Å². The quantitative estimate of drug-likeness (QED) is 0.393. The van der Waals surface area contributed by atoms with Crippen LogP contribution in [0.15, 0.2) is 0 Å². The van der Waals surface area contributed by atoms with Crippen molar-refractivity contribution in [3.63, 3.8) is 0 Å². The van der Waals surface area contributed by atoms with Crippen LogP contribution < -0.4 is 5.32 Å².